The summed E-state index contributed by atoms with van der Waals surface area (Å²) in [5.41, 5.74) is 4.22. The van der Waals surface area contributed by atoms with Crippen molar-refractivity contribution in [3.05, 3.63) is 65.0 Å². The summed E-state index contributed by atoms with van der Waals surface area (Å²) in [4.78, 5) is 4.10. The van der Waals surface area contributed by atoms with E-state index in [1.165, 1.54) is 5.56 Å². The molecule has 0 fully saturated rings. The van der Waals surface area contributed by atoms with E-state index in [1.54, 1.807) is 12.4 Å². The van der Waals surface area contributed by atoms with E-state index in [9.17, 15) is 5.11 Å². The van der Waals surface area contributed by atoms with Crippen LogP contribution in [0.25, 0.3) is 0 Å². The Morgan fingerprint density at radius 2 is 2.16 bits per heavy atom. The van der Waals surface area contributed by atoms with Crippen molar-refractivity contribution in [1.29, 1.82) is 0 Å². The van der Waals surface area contributed by atoms with Gasteiger partial charge in [-0.2, -0.15) is 0 Å². The van der Waals surface area contributed by atoms with Crippen LogP contribution in [0.2, 0.25) is 0 Å². The number of fused-ring (bicyclic) bond motifs is 1. The van der Waals surface area contributed by atoms with Gasteiger partial charge in [0.05, 0.1) is 6.61 Å². The highest BCUT2D eigenvalue weighted by Gasteiger charge is 2.29. The SMILES string of the molecule is Cc1ccncc1C(O)C1OCCc2ccccc21. The predicted octanol–water partition coefficient (Wildman–Crippen LogP) is 2.74. The zero-order valence-corrected chi connectivity index (χ0v) is 10.9. The van der Waals surface area contributed by atoms with Crippen LogP contribution in [-0.4, -0.2) is 16.7 Å². The van der Waals surface area contributed by atoms with Gasteiger partial charge in [0.2, 0.25) is 0 Å². The molecular weight excluding hydrogens is 238 g/mol. The second-order valence-electron chi connectivity index (χ2n) is 4.92. The summed E-state index contributed by atoms with van der Waals surface area (Å²) in [5, 5.41) is 10.6. The monoisotopic (exact) mass is 255 g/mol. The van der Waals surface area contributed by atoms with Gasteiger partial charge in [0.15, 0.2) is 0 Å². The zero-order valence-electron chi connectivity index (χ0n) is 10.9. The largest absolute Gasteiger partial charge is 0.385 e. The highest BCUT2D eigenvalue weighted by atomic mass is 16.5. The molecule has 0 saturated heterocycles. The lowest BCUT2D eigenvalue weighted by molar-refractivity contribution is -0.0486. The van der Waals surface area contributed by atoms with Crippen LogP contribution in [0.4, 0.5) is 0 Å². The molecule has 98 valence electrons. The number of aliphatic hydroxyl groups is 1. The van der Waals surface area contributed by atoms with Crippen LogP contribution in [0.1, 0.15) is 34.5 Å². The van der Waals surface area contributed by atoms with Gasteiger partial charge in [0.1, 0.15) is 12.2 Å². The van der Waals surface area contributed by atoms with E-state index < -0.39 is 6.10 Å². The maximum atomic E-state index is 10.6. The minimum absolute atomic E-state index is 0.298. The number of aryl methyl sites for hydroxylation is 1. The van der Waals surface area contributed by atoms with Crippen molar-refractivity contribution in [2.75, 3.05) is 6.61 Å². The molecule has 0 amide bonds. The third kappa shape index (κ3) is 2.27. The van der Waals surface area contributed by atoms with E-state index in [1.807, 2.05) is 31.2 Å². The third-order valence-electron chi connectivity index (χ3n) is 3.72. The number of hydrogen-bond donors (Lipinski definition) is 1. The first-order valence-electron chi connectivity index (χ1n) is 6.55. The molecule has 0 radical (unpaired) electrons. The number of rotatable bonds is 2. The van der Waals surface area contributed by atoms with Gasteiger partial charge >= 0.3 is 0 Å². The third-order valence-corrected chi connectivity index (χ3v) is 3.72. The lowest BCUT2D eigenvalue weighted by Crippen LogP contribution is -2.22. The Morgan fingerprint density at radius 1 is 1.32 bits per heavy atom. The maximum absolute atomic E-state index is 10.6. The summed E-state index contributed by atoms with van der Waals surface area (Å²) in [6, 6.07) is 10.1. The average molecular weight is 255 g/mol. The summed E-state index contributed by atoms with van der Waals surface area (Å²) in [6.07, 6.45) is 3.40. The Balaban J connectivity index is 1.98. The molecule has 2 unspecified atom stereocenters. The van der Waals surface area contributed by atoms with E-state index in [4.69, 9.17) is 4.74 Å². The van der Waals surface area contributed by atoms with Crippen LogP contribution in [0.5, 0.6) is 0 Å². The van der Waals surface area contributed by atoms with E-state index in [0.29, 0.717) is 6.61 Å². The van der Waals surface area contributed by atoms with Gasteiger partial charge in [-0.15, -0.1) is 0 Å². The predicted molar refractivity (Wildman–Crippen MR) is 72.8 cm³/mol. The molecule has 0 saturated carbocycles. The Kier molecular flexibility index (Phi) is 3.32. The molecule has 2 aromatic rings. The molecule has 3 nitrogen and oxygen atoms in total. The molecule has 2 atom stereocenters. The van der Waals surface area contributed by atoms with Crippen molar-refractivity contribution in [3.8, 4) is 0 Å². The van der Waals surface area contributed by atoms with Crippen LogP contribution in [-0.2, 0) is 11.2 Å². The summed E-state index contributed by atoms with van der Waals surface area (Å²) in [6.45, 7) is 2.63. The molecule has 0 aliphatic carbocycles. The Labute approximate surface area is 112 Å². The zero-order chi connectivity index (χ0) is 13.2. The van der Waals surface area contributed by atoms with Crippen molar-refractivity contribution >= 4 is 0 Å². The Hall–Kier alpha value is -1.71. The molecule has 19 heavy (non-hydrogen) atoms. The second kappa shape index (κ2) is 5.11. The minimum atomic E-state index is -0.671. The molecule has 1 aromatic heterocycles. The first-order chi connectivity index (χ1) is 9.27. The first-order valence-corrected chi connectivity index (χ1v) is 6.55. The summed E-state index contributed by atoms with van der Waals surface area (Å²) >= 11 is 0. The standard InChI is InChI=1S/C16H17NO2/c1-11-6-8-17-10-14(11)15(18)16-13-5-3-2-4-12(13)7-9-19-16/h2-6,8,10,15-16,18H,7,9H2,1H3. The molecule has 1 aliphatic rings. The quantitative estimate of drug-likeness (QED) is 0.897. The number of aromatic nitrogens is 1. The minimum Gasteiger partial charge on any atom is -0.385 e. The number of benzene rings is 1. The highest BCUT2D eigenvalue weighted by Crippen LogP contribution is 2.37. The molecule has 1 aromatic carbocycles. The lowest BCUT2D eigenvalue weighted by atomic mass is 9.91. The number of aliphatic hydroxyl groups excluding tert-OH is 1. The number of ether oxygens (including phenoxy) is 1. The highest BCUT2D eigenvalue weighted by molar-refractivity contribution is 5.34. The van der Waals surface area contributed by atoms with Crippen molar-refractivity contribution in [3.63, 3.8) is 0 Å². The molecule has 1 aliphatic heterocycles. The number of pyridine rings is 1. The van der Waals surface area contributed by atoms with Crippen molar-refractivity contribution in [2.24, 2.45) is 0 Å². The fourth-order valence-corrected chi connectivity index (χ4v) is 2.64. The average Bonchev–Trinajstić information content (AvgIpc) is 2.46. The van der Waals surface area contributed by atoms with E-state index in [2.05, 4.69) is 11.1 Å². The van der Waals surface area contributed by atoms with Crippen molar-refractivity contribution < 1.29 is 9.84 Å². The van der Waals surface area contributed by atoms with Crippen LogP contribution in [0.3, 0.4) is 0 Å². The smallest absolute Gasteiger partial charge is 0.113 e. The van der Waals surface area contributed by atoms with Gasteiger partial charge < -0.3 is 9.84 Å². The Morgan fingerprint density at radius 3 is 3.00 bits per heavy atom. The molecule has 3 heteroatoms. The normalized spacial score (nSPS) is 19.8. The van der Waals surface area contributed by atoms with Crippen LogP contribution in [0.15, 0.2) is 42.7 Å². The second-order valence-corrected chi connectivity index (χ2v) is 4.92. The summed E-state index contributed by atoms with van der Waals surface area (Å²) in [5.74, 6) is 0. The molecule has 0 spiro atoms. The maximum Gasteiger partial charge on any atom is 0.113 e. The number of nitrogens with zero attached hydrogens (tertiary/aromatic N) is 1. The van der Waals surface area contributed by atoms with Gasteiger partial charge in [0, 0.05) is 18.0 Å². The first kappa shape index (κ1) is 12.3. The number of hydrogen-bond acceptors (Lipinski definition) is 3. The topological polar surface area (TPSA) is 42.4 Å². The van der Waals surface area contributed by atoms with Gasteiger partial charge in [-0.25, -0.2) is 0 Å². The van der Waals surface area contributed by atoms with Gasteiger partial charge in [0.25, 0.3) is 0 Å². The van der Waals surface area contributed by atoms with Gasteiger partial charge in [-0.05, 0) is 36.1 Å². The van der Waals surface area contributed by atoms with E-state index in [0.717, 1.165) is 23.1 Å². The van der Waals surface area contributed by atoms with Gasteiger partial charge in [-0.1, -0.05) is 24.3 Å². The van der Waals surface area contributed by atoms with Crippen molar-refractivity contribution in [2.45, 2.75) is 25.6 Å². The fourth-order valence-electron chi connectivity index (χ4n) is 2.64. The molecule has 3 rings (SSSR count). The molecule has 0 bridgehead atoms. The van der Waals surface area contributed by atoms with E-state index in [-0.39, 0.29) is 6.10 Å². The van der Waals surface area contributed by atoms with Crippen LogP contribution in [0, 0.1) is 6.92 Å². The molecular formula is C16H17NO2. The lowest BCUT2D eigenvalue weighted by Gasteiger charge is -2.30. The molecule has 2 heterocycles. The van der Waals surface area contributed by atoms with Crippen molar-refractivity contribution in [1.82, 2.24) is 4.98 Å². The fraction of sp³-hybridized carbons (Fsp3) is 0.312. The molecule has 1 N–H and O–H groups in total. The summed E-state index contributed by atoms with van der Waals surface area (Å²) < 4.78 is 5.80. The van der Waals surface area contributed by atoms with E-state index >= 15 is 0 Å². The van der Waals surface area contributed by atoms with Gasteiger partial charge in [-0.3, -0.25) is 4.98 Å². The summed E-state index contributed by atoms with van der Waals surface area (Å²) in [7, 11) is 0. The Bertz CT molecular complexity index is 582. The van der Waals surface area contributed by atoms with Crippen LogP contribution < -0.4 is 0 Å². The van der Waals surface area contributed by atoms with Crippen LogP contribution >= 0.6 is 0 Å².